The van der Waals surface area contributed by atoms with Crippen LogP contribution in [0.2, 0.25) is 5.02 Å². The summed E-state index contributed by atoms with van der Waals surface area (Å²) in [6.45, 7) is 2.29. The molecule has 1 aliphatic carbocycles. The molecule has 176 valence electrons. The molecule has 2 amide bonds. The third-order valence-corrected chi connectivity index (χ3v) is 7.89. The van der Waals surface area contributed by atoms with Gasteiger partial charge in [-0.1, -0.05) is 17.7 Å². The molecule has 33 heavy (non-hydrogen) atoms. The number of nitrogens with one attached hydrogen (secondary N) is 1. The van der Waals surface area contributed by atoms with Crippen molar-refractivity contribution < 1.29 is 19.1 Å². The zero-order valence-electron chi connectivity index (χ0n) is 18.3. The normalized spacial score (nSPS) is 24.5. The molecule has 2 aromatic rings. The second kappa shape index (κ2) is 8.78. The van der Waals surface area contributed by atoms with Gasteiger partial charge in [0.2, 0.25) is 0 Å². The molecular formula is C22H27ClN5O4P. The summed E-state index contributed by atoms with van der Waals surface area (Å²) in [4.78, 5) is 27.4. The van der Waals surface area contributed by atoms with Crippen LogP contribution in [0.5, 0.6) is 0 Å². The van der Waals surface area contributed by atoms with Crippen molar-refractivity contribution >= 4 is 49.7 Å². The molecule has 9 nitrogen and oxygen atoms in total. The maximum absolute atomic E-state index is 13.2. The van der Waals surface area contributed by atoms with Gasteiger partial charge in [-0.3, -0.25) is 9.48 Å². The molecule has 0 bridgehead atoms. The van der Waals surface area contributed by atoms with E-state index >= 15 is 0 Å². The minimum Gasteiger partial charge on any atom is -0.441 e. The lowest BCUT2D eigenvalue weighted by molar-refractivity contribution is -0.104. The van der Waals surface area contributed by atoms with Gasteiger partial charge in [-0.25, -0.2) is 4.79 Å². The van der Waals surface area contributed by atoms with Crippen molar-refractivity contribution in [1.82, 2.24) is 14.7 Å². The molecule has 1 aromatic heterocycles. The minimum atomic E-state index is -0.298. The van der Waals surface area contributed by atoms with Crippen molar-refractivity contribution in [2.75, 3.05) is 37.4 Å². The first kappa shape index (κ1) is 22.4. The molecule has 1 saturated carbocycles. The largest absolute Gasteiger partial charge is 0.441 e. The van der Waals surface area contributed by atoms with Crippen molar-refractivity contribution in [2.24, 2.45) is 18.9 Å². The highest BCUT2D eigenvalue weighted by Crippen LogP contribution is 2.47. The van der Waals surface area contributed by atoms with E-state index in [1.165, 1.54) is 0 Å². The van der Waals surface area contributed by atoms with Gasteiger partial charge in [0.05, 0.1) is 18.9 Å². The van der Waals surface area contributed by atoms with E-state index in [2.05, 4.69) is 19.7 Å². The van der Waals surface area contributed by atoms with Crippen LogP contribution >= 0.6 is 20.8 Å². The topological polar surface area (TPSA) is 112 Å². The van der Waals surface area contributed by atoms with Crippen molar-refractivity contribution in [1.29, 1.82) is 0 Å². The van der Waals surface area contributed by atoms with Crippen molar-refractivity contribution in [2.45, 2.75) is 24.9 Å². The maximum Gasteiger partial charge on any atom is 0.410 e. The Kier molecular flexibility index (Phi) is 5.97. The number of amides is 2. The molecule has 3 aliphatic rings. The van der Waals surface area contributed by atoms with Crippen LogP contribution in [0, 0.1) is 11.8 Å². The highest BCUT2D eigenvalue weighted by atomic mass is 35.5. The molecule has 0 radical (unpaired) electrons. The van der Waals surface area contributed by atoms with Gasteiger partial charge in [0.25, 0.3) is 5.91 Å². The summed E-state index contributed by atoms with van der Waals surface area (Å²) < 4.78 is 12.1. The molecule has 3 N–H and O–H groups in total. The number of rotatable bonds is 4. The Morgan fingerprint density at radius 1 is 1.27 bits per heavy atom. The van der Waals surface area contributed by atoms with Crippen LogP contribution < -0.4 is 16.4 Å². The first-order chi connectivity index (χ1) is 15.8. The number of aryl methyl sites for hydroxylation is 1. The van der Waals surface area contributed by atoms with E-state index in [0.717, 1.165) is 23.8 Å². The smallest absolute Gasteiger partial charge is 0.410 e. The van der Waals surface area contributed by atoms with Gasteiger partial charge in [-0.05, 0) is 42.1 Å². The number of carbonyl (C=O) groups is 2. The summed E-state index contributed by atoms with van der Waals surface area (Å²) in [7, 11) is 4.29. The average molecular weight is 492 g/mol. The predicted molar refractivity (Wildman–Crippen MR) is 128 cm³/mol. The van der Waals surface area contributed by atoms with Gasteiger partial charge in [0, 0.05) is 36.8 Å². The monoisotopic (exact) mass is 491 g/mol. The molecule has 3 unspecified atom stereocenters. The Bertz CT molecular complexity index is 1090. The fourth-order valence-corrected chi connectivity index (χ4v) is 5.41. The summed E-state index contributed by atoms with van der Waals surface area (Å²) in [6, 6.07) is 5.32. The molecule has 11 heteroatoms. The molecule has 3 atom stereocenters. The van der Waals surface area contributed by atoms with Crippen LogP contribution in [-0.2, 0) is 16.5 Å². The lowest BCUT2D eigenvalue weighted by atomic mass is 9.97. The van der Waals surface area contributed by atoms with E-state index in [-0.39, 0.29) is 24.0 Å². The van der Waals surface area contributed by atoms with Gasteiger partial charge in [0.15, 0.2) is 6.10 Å². The fourth-order valence-electron chi connectivity index (χ4n) is 5.05. The van der Waals surface area contributed by atoms with Gasteiger partial charge < -0.3 is 25.4 Å². The zero-order valence-corrected chi connectivity index (χ0v) is 20.2. The Labute approximate surface area is 199 Å². The molecule has 2 saturated heterocycles. The number of likely N-dealkylation sites (tertiary alicyclic amines) is 1. The second-order valence-electron chi connectivity index (χ2n) is 9.10. The van der Waals surface area contributed by atoms with Crippen LogP contribution in [0.1, 0.15) is 34.8 Å². The summed E-state index contributed by atoms with van der Waals surface area (Å²) in [6.07, 6.45) is 1.33. The highest BCUT2D eigenvalue weighted by Gasteiger charge is 2.45. The van der Waals surface area contributed by atoms with Crippen molar-refractivity contribution in [3.05, 3.63) is 34.5 Å². The first-order valence-corrected chi connectivity index (χ1v) is 12.0. The zero-order chi connectivity index (χ0) is 23.3. The number of nitrogen functional groups attached to an aromatic ring is 1. The van der Waals surface area contributed by atoms with E-state index in [9.17, 15) is 9.59 Å². The van der Waals surface area contributed by atoms with Crippen molar-refractivity contribution in [3.8, 4) is 0 Å². The predicted octanol–water partition coefficient (Wildman–Crippen LogP) is 2.37. The summed E-state index contributed by atoms with van der Waals surface area (Å²) in [5.74, 6) is 0.857. The van der Waals surface area contributed by atoms with Crippen LogP contribution in [0.15, 0.2) is 18.2 Å². The van der Waals surface area contributed by atoms with E-state index in [1.54, 1.807) is 28.8 Å². The van der Waals surface area contributed by atoms with Gasteiger partial charge in [-0.15, -0.1) is 9.24 Å². The third-order valence-electron chi connectivity index (χ3n) is 6.87. The van der Waals surface area contributed by atoms with E-state index in [4.69, 9.17) is 26.8 Å². The molecule has 2 aliphatic heterocycles. The summed E-state index contributed by atoms with van der Waals surface area (Å²) in [5, 5.41) is 8.91. The third kappa shape index (κ3) is 4.29. The number of nitrogens with zero attached hydrogens (tertiary/aromatic N) is 3. The highest BCUT2D eigenvalue weighted by molar-refractivity contribution is 7.28. The van der Waals surface area contributed by atoms with Crippen LogP contribution in [0.25, 0.3) is 0 Å². The number of fused-ring (bicyclic) bond motifs is 1. The van der Waals surface area contributed by atoms with Gasteiger partial charge in [-0.2, -0.15) is 5.10 Å². The molecule has 5 rings (SSSR count). The fraction of sp³-hybridized carbons (Fsp3) is 0.500. The van der Waals surface area contributed by atoms with E-state index in [0.29, 0.717) is 60.2 Å². The Hall–Kier alpha value is -2.35. The number of aromatic nitrogens is 2. The molecule has 3 heterocycles. The van der Waals surface area contributed by atoms with Gasteiger partial charge >= 0.3 is 6.09 Å². The van der Waals surface area contributed by atoms with Crippen LogP contribution in [0.3, 0.4) is 0 Å². The summed E-state index contributed by atoms with van der Waals surface area (Å²) in [5.41, 5.74) is 7.98. The Morgan fingerprint density at radius 3 is 2.58 bits per heavy atom. The maximum atomic E-state index is 13.2. The minimum absolute atomic E-state index is 0.112. The number of nitrogens with two attached hydrogens (primary N) is 1. The summed E-state index contributed by atoms with van der Waals surface area (Å²) >= 11 is 6.18. The van der Waals surface area contributed by atoms with Crippen LogP contribution in [-0.4, -0.2) is 59.1 Å². The molecular weight excluding hydrogens is 465 g/mol. The Balaban J connectivity index is 1.28. The lowest BCUT2D eigenvalue weighted by Gasteiger charge is -2.28. The molecule has 0 spiro atoms. The number of anilines is 2. The SMILES string of the molecule is Cn1nc(C2CC3CN(C(=O)OC4COC4)CC3C2)c(C(=O)Nc2ccc(P)c(Cl)c2)c1N. The van der Waals surface area contributed by atoms with Gasteiger partial charge in [0.1, 0.15) is 11.4 Å². The van der Waals surface area contributed by atoms with Crippen molar-refractivity contribution in [3.63, 3.8) is 0 Å². The number of carbonyl (C=O) groups excluding carboxylic acids is 2. The molecule has 1 aromatic carbocycles. The number of benzene rings is 1. The lowest BCUT2D eigenvalue weighted by Crippen LogP contribution is -2.42. The van der Waals surface area contributed by atoms with E-state index in [1.807, 2.05) is 6.07 Å². The number of hydrogen-bond acceptors (Lipinski definition) is 6. The number of ether oxygens (including phenoxy) is 2. The quantitative estimate of drug-likeness (QED) is 0.635. The average Bonchev–Trinajstić information content (AvgIpc) is 3.39. The second-order valence-corrected chi connectivity index (χ2v) is 10.1. The molecule has 3 fully saturated rings. The van der Waals surface area contributed by atoms with E-state index < -0.39 is 0 Å². The van der Waals surface area contributed by atoms with Crippen LogP contribution in [0.4, 0.5) is 16.3 Å². The number of hydrogen-bond donors (Lipinski definition) is 2. The number of halogens is 1. The first-order valence-electron chi connectivity index (χ1n) is 11.0. The standard InChI is InChI=1S/C22H27ClN5O4P/c1-27-20(24)18(21(29)25-14-2-3-17(33)16(23)6-14)19(26-27)11-4-12-7-28(8-13(12)5-11)22(30)32-15-9-31-10-15/h2-3,6,11-13,15H,4-5,7-10,24,33H2,1H3,(H,25,29). The Morgan fingerprint density at radius 2 is 1.97 bits per heavy atom.